The summed E-state index contributed by atoms with van der Waals surface area (Å²) in [6.07, 6.45) is 0.543. The number of ketones is 2. The van der Waals surface area contributed by atoms with Gasteiger partial charge in [0, 0.05) is 12.1 Å². The smallest absolute Gasteiger partial charge is 0.264 e. The molecule has 0 aliphatic heterocycles. The van der Waals surface area contributed by atoms with Gasteiger partial charge in [-0.1, -0.05) is 6.07 Å². The van der Waals surface area contributed by atoms with Gasteiger partial charge < -0.3 is 5.73 Å². The molecule has 1 aliphatic rings. The van der Waals surface area contributed by atoms with Crippen LogP contribution in [0.1, 0.15) is 31.1 Å². The van der Waals surface area contributed by atoms with Crippen LogP contribution < -0.4 is 11.3 Å². The van der Waals surface area contributed by atoms with Gasteiger partial charge in [-0.3, -0.25) is 19.0 Å². The highest BCUT2D eigenvalue weighted by Gasteiger charge is 2.30. The molecule has 2 aromatic rings. The lowest BCUT2D eigenvalue weighted by Gasteiger charge is -2.24. The van der Waals surface area contributed by atoms with E-state index in [1.165, 1.54) is 4.57 Å². The van der Waals surface area contributed by atoms with Gasteiger partial charge >= 0.3 is 0 Å². The molecule has 6 nitrogen and oxygen atoms in total. The van der Waals surface area contributed by atoms with Crippen molar-refractivity contribution in [2.24, 2.45) is 0 Å². The van der Waals surface area contributed by atoms with E-state index < -0.39 is 6.04 Å². The highest BCUT2D eigenvalue weighted by atomic mass is 16.2. The zero-order chi connectivity index (χ0) is 15.1. The first kappa shape index (κ1) is 13.5. The Morgan fingerprint density at radius 1 is 1.29 bits per heavy atom. The Balaban J connectivity index is 2.24. The third-order valence-corrected chi connectivity index (χ3v) is 3.89. The second-order valence-electron chi connectivity index (χ2n) is 5.31. The summed E-state index contributed by atoms with van der Waals surface area (Å²) in [6.45, 7) is 1.69. The van der Waals surface area contributed by atoms with E-state index in [0.717, 1.165) is 0 Å². The summed E-state index contributed by atoms with van der Waals surface area (Å²) in [4.78, 5) is 40.5. The topological polar surface area (TPSA) is 95.0 Å². The number of fused-ring (bicyclic) bond motifs is 1. The molecule has 3 rings (SSSR count). The lowest BCUT2D eigenvalue weighted by atomic mass is 9.92. The largest absolute Gasteiger partial charge is 0.398 e. The highest BCUT2D eigenvalue weighted by molar-refractivity contribution is 6.03. The number of nitrogens with two attached hydrogens (primary N) is 1. The number of nitrogens with zero attached hydrogens (tertiary/aromatic N) is 2. The molecule has 0 amide bonds. The minimum atomic E-state index is -0.619. The van der Waals surface area contributed by atoms with Gasteiger partial charge in [-0.2, -0.15) is 0 Å². The van der Waals surface area contributed by atoms with E-state index in [0.29, 0.717) is 35.3 Å². The number of aryl methyl sites for hydroxylation is 1. The summed E-state index contributed by atoms with van der Waals surface area (Å²) < 4.78 is 1.38. The maximum atomic E-state index is 12.7. The Kier molecular flexibility index (Phi) is 3.08. The van der Waals surface area contributed by atoms with Crippen LogP contribution in [-0.4, -0.2) is 21.1 Å². The summed E-state index contributed by atoms with van der Waals surface area (Å²) in [5.74, 6) is 0.160. The lowest BCUT2D eigenvalue weighted by Crippen LogP contribution is -2.36. The average molecular weight is 285 g/mol. The molecule has 0 saturated heterocycles. The monoisotopic (exact) mass is 285 g/mol. The quantitative estimate of drug-likeness (QED) is 0.626. The first-order chi connectivity index (χ1) is 9.99. The molecule has 0 radical (unpaired) electrons. The van der Waals surface area contributed by atoms with Crippen molar-refractivity contribution in [1.82, 2.24) is 9.55 Å². The number of nitrogen functional groups attached to an aromatic ring is 1. The number of carbonyl (C=O) groups excluding carboxylic acids is 2. The van der Waals surface area contributed by atoms with Crippen molar-refractivity contribution in [3.05, 3.63) is 34.4 Å². The predicted octanol–water partition coefficient (Wildman–Crippen LogP) is 1.15. The van der Waals surface area contributed by atoms with Gasteiger partial charge in [-0.15, -0.1) is 0 Å². The molecule has 1 unspecified atom stereocenters. The van der Waals surface area contributed by atoms with Crippen LogP contribution in [0.5, 0.6) is 0 Å². The van der Waals surface area contributed by atoms with Crippen LogP contribution in [0.2, 0.25) is 0 Å². The summed E-state index contributed by atoms with van der Waals surface area (Å²) in [5.41, 5.74) is 6.42. The Morgan fingerprint density at radius 3 is 2.76 bits per heavy atom. The average Bonchev–Trinajstić information content (AvgIpc) is 2.40. The van der Waals surface area contributed by atoms with Crippen LogP contribution in [0.25, 0.3) is 10.9 Å². The zero-order valence-corrected chi connectivity index (χ0v) is 11.6. The molecule has 1 aromatic carbocycles. The fraction of sp³-hybridized carbons (Fsp3) is 0.333. The third kappa shape index (κ3) is 2.12. The van der Waals surface area contributed by atoms with Crippen molar-refractivity contribution in [2.75, 3.05) is 5.73 Å². The molecule has 1 saturated carbocycles. The number of rotatable bonds is 1. The fourth-order valence-electron chi connectivity index (χ4n) is 2.88. The number of carbonyl (C=O) groups is 2. The van der Waals surface area contributed by atoms with Crippen LogP contribution in [0, 0.1) is 6.92 Å². The number of anilines is 1. The van der Waals surface area contributed by atoms with E-state index in [9.17, 15) is 14.4 Å². The molecule has 2 N–H and O–H groups in total. The zero-order valence-electron chi connectivity index (χ0n) is 11.6. The Morgan fingerprint density at radius 2 is 2.05 bits per heavy atom. The van der Waals surface area contributed by atoms with Gasteiger partial charge in [0.25, 0.3) is 5.56 Å². The number of benzene rings is 1. The molecule has 21 heavy (non-hydrogen) atoms. The van der Waals surface area contributed by atoms with Crippen LogP contribution in [-0.2, 0) is 9.59 Å². The summed E-state index contributed by atoms with van der Waals surface area (Å²) >= 11 is 0. The Bertz CT molecular complexity index is 823. The van der Waals surface area contributed by atoms with Crippen molar-refractivity contribution in [3.8, 4) is 0 Å². The molecule has 6 heteroatoms. The van der Waals surface area contributed by atoms with E-state index in [-0.39, 0.29) is 23.5 Å². The van der Waals surface area contributed by atoms with E-state index in [1.54, 1.807) is 25.1 Å². The molecule has 1 atom stereocenters. The van der Waals surface area contributed by atoms with Crippen LogP contribution >= 0.6 is 0 Å². The highest BCUT2D eigenvalue weighted by Crippen LogP contribution is 2.24. The van der Waals surface area contributed by atoms with Gasteiger partial charge in [0.15, 0.2) is 5.78 Å². The molecule has 1 heterocycles. The molecular weight excluding hydrogens is 270 g/mol. The SMILES string of the molecule is Cc1nc2cccc(N)c2c(=O)n1C1CCC(=O)CC1=O. The molecule has 1 aliphatic carbocycles. The van der Waals surface area contributed by atoms with E-state index in [2.05, 4.69) is 4.98 Å². The predicted molar refractivity (Wildman–Crippen MR) is 78.1 cm³/mol. The molecule has 0 bridgehead atoms. The van der Waals surface area contributed by atoms with Crippen molar-refractivity contribution in [2.45, 2.75) is 32.2 Å². The normalized spacial score (nSPS) is 19.2. The van der Waals surface area contributed by atoms with Crippen LogP contribution in [0.4, 0.5) is 5.69 Å². The van der Waals surface area contributed by atoms with Crippen LogP contribution in [0.15, 0.2) is 23.0 Å². The Hall–Kier alpha value is -2.50. The molecule has 1 fully saturated rings. The maximum Gasteiger partial charge on any atom is 0.264 e. The van der Waals surface area contributed by atoms with E-state index in [4.69, 9.17) is 5.73 Å². The van der Waals surface area contributed by atoms with E-state index in [1.807, 2.05) is 0 Å². The van der Waals surface area contributed by atoms with Gasteiger partial charge in [-0.05, 0) is 25.5 Å². The van der Waals surface area contributed by atoms with Gasteiger partial charge in [-0.25, -0.2) is 4.98 Å². The fourth-order valence-corrected chi connectivity index (χ4v) is 2.88. The summed E-state index contributed by atoms with van der Waals surface area (Å²) in [6, 6.07) is 4.47. The van der Waals surface area contributed by atoms with Crippen molar-refractivity contribution < 1.29 is 9.59 Å². The first-order valence-corrected chi connectivity index (χ1v) is 6.81. The molecular formula is C15H15N3O3. The number of Topliss-reactive ketones (excluding diaryl/α,β-unsaturated/α-hetero) is 2. The van der Waals surface area contributed by atoms with Crippen molar-refractivity contribution in [3.63, 3.8) is 0 Å². The summed E-state index contributed by atoms with van der Waals surface area (Å²) in [5, 5.41) is 0.327. The van der Waals surface area contributed by atoms with Crippen molar-refractivity contribution in [1.29, 1.82) is 0 Å². The Labute approximate surface area is 120 Å². The third-order valence-electron chi connectivity index (χ3n) is 3.89. The number of aromatic nitrogens is 2. The lowest BCUT2D eigenvalue weighted by molar-refractivity contribution is -0.132. The minimum absolute atomic E-state index is 0.0739. The maximum absolute atomic E-state index is 12.7. The van der Waals surface area contributed by atoms with Gasteiger partial charge in [0.1, 0.15) is 11.6 Å². The second kappa shape index (κ2) is 4.80. The van der Waals surface area contributed by atoms with Gasteiger partial charge in [0.05, 0.1) is 23.4 Å². The first-order valence-electron chi connectivity index (χ1n) is 6.81. The van der Waals surface area contributed by atoms with E-state index >= 15 is 0 Å². The molecule has 108 valence electrons. The van der Waals surface area contributed by atoms with Gasteiger partial charge in [0.2, 0.25) is 0 Å². The standard InChI is InChI=1S/C15H15N3O3/c1-8-17-11-4-2-3-10(16)14(11)15(21)18(8)12-6-5-9(19)7-13(12)20/h2-4,12H,5-7,16H2,1H3. The summed E-state index contributed by atoms with van der Waals surface area (Å²) in [7, 11) is 0. The number of hydrogen-bond acceptors (Lipinski definition) is 5. The minimum Gasteiger partial charge on any atom is -0.398 e. The number of hydrogen-bond donors (Lipinski definition) is 1. The second-order valence-corrected chi connectivity index (χ2v) is 5.31. The van der Waals surface area contributed by atoms with Crippen LogP contribution in [0.3, 0.4) is 0 Å². The van der Waals surface area contributed by atoms with Crippen molar-refractivity contribution >= 4 is 28.2 Å². The molecule has 0 spiro atoms. The molecule has 1 aromatic heterocycles.